The smallest absolute Gasteiger partial charge is 0.231 e. The predicted molar refractivity (Wildman–Crippen MR) is 91.7 cm³/mol. The van der Waals surface area contributed by atoms with Crippen LogP contribution in [0.15, 0.2) is 48.7 Å². The van der Waals surface area contributed by atoms with Gasteiger partial charge in [0, 0.05) is 24.0 Å². The molecule has 0 N–H and O–H groups in total. The average molecular weight is 319 g/mol. The summed E-state index contributed by atoms with van der Waals surface area (Å²) in [5.41, 5.74) is 6.22. The van der Waals surface area contributed by atoms with E-state index in [9.17, 15) is 0 Å². The number of methoxy groups -OCH3 is 1. The number of hydrogen-bond donors (Lipinski definition) is 0. The first-order valence-electron chi connectivity index (χ1n) is 8.09. The minimum absolute atomic E-state index is 0.316. The molecule has 3 heterocycles. The van der Waals surface area contributed by atoms with Gasteiger partial charge in [-0.25, -0.2) is 0 Å². The summed E-state index contributed by atoms with van der Waals surface area (Å²) in [6.45, 7) is 1.30. The maximum atomic E-state index is 5.55. The Morgan fingerprint density at radius 3 is 2.54 bits per heavy atom. The van der Waals surface area contributed by atoms with E-state index < -0.39 is 0 Å². The van der Waals surface area contributed by atoms with Crippen LogP contribution in [0.1, 0.15) is 5.56 Å². The highest BCUT2D eigenvalue weighted by Crippen LogP contribution is 2.42. The van der Waals surface area contributed by atoms with Crippen LogP contribution in [0.25, 0.3) is 22.4 Å². The zero-order valence-electron chi connectivity index (χ0n) is 13.4. The van der Waals surface area contributed by atoms with Gasteiger partial charge in [0.1, 0.15) is 5.75 Å². The van der Waals surface area contributed by atoms with Gasteiger partial charge in [-0.15, -0.1) is 0 Å². The lowest BCUT2D eigenvalue weighted by molar-refractivity contribution is 0.174. The first kappa shape index (κ1) is 13.5. The Bertz CT molecular complexity index is 925. The Balaban J connectivity index is 1.59. The molecule has 0 spiro atoms. The van der Waals surface area contributed by atoms with Crippen LogP contribution in [-0.2, 0) is 13.0 Å². The molecule has 2 aromatic carbocycles. The maximum Gasteiger partial charge on any atom is 0.231 e. The Hall–Kier alpha value is -2.88. The van der Waals surface area contributed by atoms with Crippen molar-refractivity contribution in [3.05, 3.63) is 54.2 Å². The molecule has 0 saturated heterocycles. The molecule has 0 unspecified atom stereocenters. The van der Waals surface area contributed by atoms with Crippen LogP contribution >= 0.6 is 0 Å². The van der Waals surface area contributed by atoms with E-state index in [1.165, 1.54) is 27.9 Å². The second-order valence-corrected chi connectivity index (χ2v) is 6.15. The van der Waals surface area contributed by atoms with Crippen molar-refractivity contribution >= 4 is 0 Å². The van der Waals surface area contributed by atoms with E-state index in [1.54, 1.807) is 7.11 Å². The van der Waals surface area contributed by atoms with E-state index in [-0.39, 0.29) is 0 Å². The molecule has 24 heavy (non-hydrogen) atoms. The quantitative estimate of drug-likeness (QED) is 0.712. The van der Waals surface area contributed by atoms with Gasteiger partial charge in [-0.05, 0) is 53.4 Å². The molecule has 0 saturated carbocycles. The number of fused-ring (bicyclic) bond motifs is 4. The van der Waals surface area contributed by atoms with E-state index in [4.69, 9.17) is 14.2 Å². The van der Waals surface area contributed by atoms with Crippen LogP contribution < -0.4 is 14.2 Å². The first-order chi connectivity index (χ1) is 11.8. The molecule has 1 aromatic heterocycles. The van der Waals surface area contributed by atoms with Crippen molar-refractivity contribution in [3.8, 4) is 39.6 Å². The SMILES string of the molecule is COc1ccc(-c2cc3n(c2)CCc2cc4c(cc2-3)OCO4)cc1. The number of aryl methyl sites for hydroxylation is 2. The third-order valence-electron chi connectivity index (χ3n) is 4.82. The van der Waals surface area contributed by atoms with Gasteiger partial charge in [0.15, 0.2) is 11.5 Å². The first-order valence-corrected chi connectivity index (χ1v) is 8.09. The van der Waals surface area contributed by atoms with E-state index >= 15 is 0 Å². The fourth-order valence-electron chi connectivity index (χ4n) is 3.53. The van der Waals surface area contributed by atoms with Crippen LogP contribution in [0.3, 0.4) is 0 Å². The van der Waals surface area contributed by atoms with E-state index in [0.717, 1.165) is 30.2 Å². The summed E-state index contributed by atoms with van der Waals surface area (Å²) in [5.74, 6) is 2.58. The highest BCUT2D eigenvalue weighted by Gasteiger charge is 2.23. The molecular weight excluding hydrogens is 302 g/mol. The average Bonchev–Trinajstić information content (AvgIpc) is 3.26. The molecule has 5 rings (SSSR count). The summed E-state index contributed by atoms with van der Waals surface area (Å²) in [6.07, 6.45) is 3.24. The topological polar surface area (TPSA) is 32.6 Å². The van der Waals surface area contributed by atoms with Crippen molar-refractivity contribution < 1.29 is 14.2 Å². The lowest BCUT2D eigenvalue weighted by atomic mass is 9.97. The predicted octanol–water partition coefficient (Wildman–Crippen LogP) is 4.12. The Morgan fingerprint density at radius 1 is 0.958 bits per heavy atom. The van der Waals surface area contributed by atoms with Gasteiger partial charge in [0.2, 0.25) is 6.79 Å². The molecule has 0 radical (unpaired) electrons. The normalized spacial score (nSPS) is 14.2. The largest absolute Gasteiger partial charge is 0.497 e. The summed E-state index contributed by atoms with van der Waals surface area (Å²) in [7, 11) is 1.69. The van der Waals surface area contributed by atoms with Gasteiger partial charge in [-0.3, -0.25) is 0 Å². The molecule has 2 aliphatic rings. The van der Waals surface area contributed by atoms with Crippen LogP contribution in [0.4, 0.5) is 0 Å². The highest BCUT2D eigenvalue weighted by molar-refractivity contribution is 5.77. The maximum absolute atomic E-state index is 5.55. The number of benzene rings is 2. The highest BCUT2D eigenvalue weighted by atomic mass is 16.7. The molecule has 4 nitrogen and oxygen atoms in total. The molecule has 0 aliphatic carbocycles. The van der Waals surface area contributed by atoms with Crippen LogP contribution in [0.5, 0.6) is 17.2 Å². The van der Waals surface area contributed by atoms with Crippen molar-refractivity contribution in [2.24, 2.45) is 0 Å². The molecule has 0 bridgehead atoms. The molecule has 4 heteroatoms. The summed E-state index contributed by atoms with van der Waals surface area (Å²) in [5, 5.41) is 0. The van der Waals surface area contributed by atoms with Gasteiger partial charge in [-0.2, -0.15) is 0 Å². The molecule has 0 atom stereocenters. The minimum Gasteiger partial charge on any atom is -0.497 e. The standard InChI is InChI=1S/C20H17NO3/c1-22-16-4-2-13(3-5-16)15-8-18-17-10-20-19(23-12-24-20)9-14(17)6-7-21(18)11-15/h2-5,8-11H,6-7,12H2,1H3. The van der Waals surface area contributed by atoms with Crippen molar-refractivity contribution in [2.75, 3.05) is 13.9 Å². The third-order valence-corrected chi connectivity index (χ3v) is 4.82. The number of nitrogens with zero attached hydrogens (tertiary/aromatic N) is 1. The van der Waals surface area contributed by atoms with E-state index in [1.807, 2.05) is 12.1 Å². The summed E-state index contributed by atoms with van der Waals surface area (Å²) in [6, 6.07) is 14.7. The number of hydrogen-bond acceptors (Lipinski definition) is 3. The number of ether oxygens (including phenoxy) is 3. The van der Waals surface area contributed by atoms with Crippen LogP contribution in [0.2, 0.25) is 0 Å². The zero-order valence-corrected chi connectivity index (χ0v) is 13.4. The molecule has 0 fully saturated rings. The lowest BCUT2D eigenvalue weighted by Crippen LogP contribution is -2.09. The lowest BCUT2D eigenvalue weighted by Gasteiger charge is -2.19. The van der Waals surface area contributed by atoms with E-state index in [0.29, 0.717) is 6.79 Å². The number of rotatable bonds is 2. The van der Waals surface area contributed by atoms with Crippen molar-refractivity contribution in [1.82, 2.24) is 4.57 Å². The molecule has 3 aromatic rings. The van der Waals surface area contributed by atoms with Gasteiger partial charge >= 0.3 is 0 Å². The monoisotopic (exact) mass is 319 g/mol. The van der Waals surface area contributed by atoms with Crippen LogP contribution in [-0.4, -0.2) is 18.5 Å². The Kier molecular flexibility index (Phi) is 2.86. The van der Waals surface area contributed by atoms with Crippen LogP contribution in [0, 0.1) is 0 Å². The minimum atomic E-state index is 0.316. The molecular formula is C20H17NO3. The van der Waals surface area contributed by atoms with Crippen molar-refractivity contribution in [3.63, 3.8) is 0 Å². The molecule has 2 aliphatic heterocycles. The van der Waals surface area contributed by atoms with Gasteiger partial charge in [-0.1, -0.05) is 12.1 Å². The third kappa shape index (κ3) is 1.99. The van der Waals surface area contributed by atoms with E-state index in [2.05, 4.69) is 41.1 Å². The zero-order chi connectivity index (χ0) is 16.1. The Labute approximate surface area is 140 Å². The second-order valence-electron chi connectivity index (χ2n) is 6.15. The summed E-state index contributed by atoms with van der Waals surface area (Å²) >= 11 is 0. The second kappa shape index (κ2) is 5.06. The van der Waals surface area contributed by atoms with Gasteiger partial charge < -0.3 is 18.8 Å². The van der Waals surface area contributed by atoms with Gasteiger partial charge in [0.05, 0.1) is 7.11 Å². The summed E-state index contributed by atoms with van der Waals surface area (Å²) in [4.78, 5) is 0. The molecule has 0 amide bonds. The summed E-state index contributed by atoms with van der Waals surface area (Å²) < 4.78 is 18.6. The van der Waals surface area contributed by atoms with Crippen molar-refractivity contribution in [2.45, 2.75) is 13.0 Å². The fourth-order valence-corrected chi connectivity index (χ4v) is 3.53. The number of aromatic nitrogens is 1. The van der Waals surface area contributed by atoms with Crippen molar-refractivity contribution in [1.29, 1.82) is 0 Å². The molecule has 120 valence electrons. The fraction of sp³-hybridized carbons (Fsp3) is 0.200. The van der Waals surface area contributed by atoms with Gasteiger partial charge in [0.25, 0.3) is 0 Å². The Morgan fingerprint density at radius 2 is 1.75 bits per heavy atom.